The Hall–Kier alpha value is -3.78. The van der Waals surface area contributed by atoms with Gasteiger partial charge in [0, 0.05) is 50.5 Å². The van der Waals surface area contributed by atoms with Crippen molar-refractivity contribution in [2.75, 3.05) is 50.8 Å². The second-order valence-corrected chi connectivity index (χ2v) is 9.70. The van der Waals surface area contributed by atoms with Crippen molar-refractivity contribution in [3.8, 4) is 11.3 Å². The van der Waals surface area contributed by atoms with Crippen LogP contribution in [0.3, 0.4) is 0 Å². The molecule has 1 atom stereocenters. The zero-order chi connectivity index (χ0) is 25.6. The van der Waals surface area contributed by atoms with Gasteiger partial charge in [0.15, 0.2) is 5.82 Å². The summed E-state index contributed by atoms with van der Waals surface area (Å²) in [6.07, 6.45) is 1.89. The summed E-state index contributed by atoms with van der Waals surface area (Å²) in [5.41, 5.74) is 3.68. The number of hydrogen-bond acceptors (Lipinski definition) is 6. The average molecular weight is 500 g/mol. The fourth-order valence-electron chi connectivity index (χ4n) is 4.84. The van der Waals surface area contributed by atoms with Crippen molar-refractivity contribution in [1.29, 1.82) is 0 Å². The zero-order valence-corrected chi connectivity index (χ0v) is 21.3. The molecule has 0 N–H and O–H groups in total. The van der Waals surface area contributed by atoms with Crippen molar-refractivity contribution < 1.29 is 14.3 Å². The van der Waals surface area contributed by atoms with Crippen LogP contribution < -0.4 is 4.90 Å². The highest BCUT2D eigenvalue weighted by Crippen LogP contribution is 2.20. The van der Waals surface area contributed by atoms with Crippen LogP contribution >= 0.6 is 0 Å². The number of aromatic nitrogens is 2. The Labute approximate surface area is 217 Å². The highest BCUT2D eigenvalue weighted by Gasteiger charge is 2.28. The van der Waals surface area contributed by atoms with E-state index in [9.17, 15) is 9.59 Å². The molecule has 192 valence electrons. The molecular formula is C29H33N5O3. The predicted molar refractivity (Wildman–Crippen MR) is 142 cm³/mol. The molecule has 0 unspecified atom stereocenters. The van der Waals surface area contributed by atoms with Crippen LogP contribution in [0.15, 0.2) is 66.7 Å². The number of anilines is 1. The second-order valence-electron chi connectivity index (χ2n) is 9.70. The number of rotatable bonds is 7. The normalized spacial score (nSPS) is 17.6. The molecule has 0 bridgehead atoms. The maximum Gasteiger partial charge on any atom is 0.254 e. The maximum absolute atomic E-state index is 13.2. The van der Waals surface area contributed by atoms with E-state index in [0.29, 0.717) is 44.9 Å². The Morgan fingerprint density at radius 2 is 1.70 bits per heavy atom. The van der Waals surface area contributed by atoms with Crippen LogP contribution in [0.5, 0.6) is 0 Å². The fraction of sp³-hybridized carbons (Fsp3) is 0.379. The van der Waals surface area contributed by atoms with Gasteiger partial charge in [0.2, 0.25) is 5.91 Å². The van der Waals surface area contributed by atoms with Crippen molar-refractivity contribution >= 4 is 17.6 Å². The number of hydrogen-bond donors (Lipinski definition) is 0. The van der Waals surface area contributed by atoms with Gasteiger partial charge in [0.25, 0.3) is 5.91 Å². The number of nitrogens with zero attached hydrogens (tertiary/aromatic N) is 5. The smallest absolute Gasteiger partial charge is 0.254 e. The van der Waals surface area contributed by atoms with Crippen molar-refractivity contribution in [3.05, 3.63) is 77.9 Å². The van der Waals surface area contributed by atoms with Crippen LogP contribution in [0, 0.1) is 6.92 Å². The number of amides is 2. The third kappa shape index (κ3) is 6.14. The first-order chi connectivity index (χ1) is 18.1. The minimum Gasteiger partial charge on any atom is -0.376 e. The Bertz CT molecular complexity index is 1190. The van der Waals surface area contributed by atoms with Crippen molar-refractivity contribution in [3.63, 3.8) is 0 Å². The van der Waals surface area contributed by atoms with Crippen LogP contribution in [0.25, 0.3) is 11.3 Å². The first-order valence-corrected chi connectivity index (χ1v) is 13.0. The van der Waals surface area contributed by atoms with Gasteiger partial charge in [-0.05, 0) is 44.0 Å². The molecule has 2 saturated heterocycles. The fourth-order valence-corrected chi connectivity index (χ4v) is 4.84. The van der Waals surface area contributed by atoms with E-state index in [2.05, 4.69) is 34.2 Å². The van der Waals surface area contributed by atoms with E-state index in [0.717, 1.165) is 29.9 Å². The summed E-state index contributed by atoms with van der Waals surface area (Å²) in [6, 6.07) is 21.4. The van der Waals surface area contributed by atoms with Gasteiger partial charge in [-0.25, -0.2) is 0 Å². The summed E-state index contributed by atoms with van der Waals surface area (Å²) in [5, 5.41) is 8.86. The summed E-state index contributed by atoms with van der Waals surface area (Å²) in [5.74, 6) is 0.636. The van der Waals surface area contributed by atoms with Crippen LogP contribution in [-0.2, 0) is 9.53 Å². The first-order valence-electron chi connectivity index (χ1n) is 13.0. The van der Waals surface area contributed by atoms with Crippen LogP contribution in [-0.4, -0.2) is 83.8 Å². The molecule has 2 aliphatic heterocycles. The van der Waals surface area contributed by atoms with Crippen molar-refractivity contribution in [2.24, 2.45) is 0 Å². The molecule has 37 heavy (non-hydrogen) atoms. The van der Waals surface area contributed by atoms with Crippen molar-refractivity contribution in [2.45, 2.75) is 25.9 Å². The maximum atomic E-state index is 13.2. The molecule has 5 rings (SSSR count). The number of ether oxygens (including phenoxy) is 1. The molecule has 0 aliphatic carbocycles. The van der Waals surface area contributed by atoms with E-state index < -0.39 is 0 Å². The van der Waals surface area contributed by atoms with Crippen molar-refractivity contribution in [1.82, 2.24) is 20.0 Å². The Balaban J connectivity index is 1.18. The standard InChI is InChI=1S/C29H33N5O3/c1-22-9-11-23(12-10-22)26-13-14-27(31-30-26)32-15-17-33(18-16-32)28(35)21-34(20-25-8-5-19-37-25)29(36)24-6-3-2-4-7-24/h2-4,6-7,9-14,25H,5,8,15-21H2,1H3/t25-/m1/s1. The Morgan fingerprint density at radius 3 is 2.35 bits per heavy atom. The van der Waals surface area contributed by atoms with E-state index in [1.807, 2.05) is 47.4 Å². The molecule has 3 aromatic rings. The molecule has 2 aromatic carbocycles. The Morgan fingerprint density at radius 1 is 0.946 bits per heavy atom. The summed E-state index contributed by atoms with van der Waals surface area (Å²) in [7, 11) is 0. The van der Waals surface area contributed by atoms with E-state index in [-0.39, 0.29) is 24.5 Å². The van der Waals surface area contributed by atoms with Gasteiger partial charge in [-0.1, -0.05) is 48.0 Å². The van der Waals surface area contributed by atoms with Gasteiger partial charge >= 0.3 is 0 Å². The molecule has 2 amide bonds. The highest BCUT2D eigenvalue weighted by atomic mass is 16.5. The lowest BCUT2D eigenvalue weighted by atomic mass is 10.1. The lowest BCUT2D eigenvalue weighted by Gasteiger charge is -2.36. The Kier molecular flexibility index (Phi) is 7.75. The number of benzene rings is 2. The monoisotopic (exact) mass is 499 g/mol. The topological polar surface area (TPSA) is 78.9 Å². The lowest BCUT2D eigenvalue weighted by Crippen LogP contribution is -2.52. The summed E-state index contributed by atoms with van der Waals surface area (Å²) < 4.78 is 5.76. The number of carbonyl (C=O) groups is 2. The molecule has 8 heteroatoms. The first kappa shape index (κ1) is 24.9. The van der Waals surface area contributed by atoms with Crippen LogP contribution in [0.1, 0.15) is 28.8 Å². The van der Waals surface area contributed by atoms with Gasteiger partial charge < -0.3 is 19.4 Å². The number of piperazine rings is 1. The molecule has 0 spiro atoms. The summed E-state index contributed by atoms with van der Waals surface area (Å²) in [6.45, 7) is 5.75. The van der Waals surface area contributed by atoms with Gasteiger partial charge in [0.05, 0.1) is 11.8 Å². The second kappa shape index (κ2) is 11.5. The summed E-state index contributed by atoms with van der Waals surface area (Å²) in [4.78, 5) is 32.1. The average Bonchev–Trinajstić information content (AvgIpc) is 3.47. The molecule has 2 fully saturated rings. The van der Waals surface area contributed by atoms with E-state index >= 15 is 0 Å². The van der Waals surface area contributed by atoms with Crippen LogP contribution in [0.2, 0.25) is 0 Å². The van der Waals surface area contributed by atoms with Gasteiger partial charge in [0.1, 0.15) is 6.54 Å². The SMILES string of the molecule is Cc1ccc(-c2ccc(N3CCN(C(=O)CN(C[C@H]4CCCO4)C(=O)c4ccccc4)CC3)nn2)cc1. The minimum absolute atomic E-state index is 0.0150. The summed E-state index contributed by atoms with van der Waals surface area (Å²) >= 11 is 0. The molecule has 1 aromatic heterocycles. The predicted octanol–water partition coefficient (Wildman–Crippen LogP) is 3.42. The molecule has 3 heterocycles. The van der Waals surface area contributed by atoms with E-state index in [1.165, 1.54) is 5.56 Å². The largest absolute Gasteiger partial charge is 0.376 e. The quantitative estimate of drug-likeness (QED) is 0.496. The molecule has 0 radical (unpaired) electrons. The van der Waals surface area contributed by atoms with Crippen LogP contribution in [0.4, 0.5) is 5.82 Å². The van der Waals surface area contributed by atoms with Gasteiger partial charge in [-0.3, -0.25) is 9.59 Å². The highest BCUT2D eigenvalue weighted by molar-refractivity contribution is 5.96. The third-order valence-electron chi connectivity index (χ3n) is 7.04. The third-order valence-corrected chi connectivity index (χ3v) is 7.04. The molecule has 0 saturated carbocycles. The molecular weight excluding hydrogens is 466 g/mol. The van der Waals surface area contributed by atoms with E-state index in [4.69, 9.17) is 4.74 Å². The van der Waals surface area contributed by atoms with Gasteiger partial charge in [-0.15, -0.1) is 10.2 Å². The zero-order valence-electron chi connectivity index (χ0n) is 21.3. The van der Waals surface area contributed by atoms with E-state index in [1.54, 1.807) is 17.0 Å². The lowest BCUT2D eigenvalue weighted by molar-refractivity contribution is -0.132. The minimum atomic E-state index is -0.132. The van der Waals surface area contributed by atoms with Gasteiger partial charge in [-0.2, -0.15) is 0 Å². The molecule has 2 aliphatic rings. The molecule has 8 nitrogen and oxygen atoms in total. The number of carbonyl (C=O) groups excluding carboxylic acids is 2. The number of aryl methyl sites for hydroxylation is 1.